The first-order chi connectivity index (χ1) is 8.31. The average molecular weight is 253 g/mol. The first kappa shape index (κ1) is 16.9. The average Bonchev–Trinajstić information content (AvgIpc) is 2.35. The SMILES string of the molecule is [C]#CCCCCCCCCCCCC(C)SC. The lowest BCUT2D eigenvalue weighted by Crippen LogP contribution is -1.94. The minimum absolute atomic E-state index is 0.848. The highest BCUT2D eigenvalue weighted by Gasteiger charge is 1.98. The van der Waals surface area contributed by atoms with E-state index in [1.54, 1.807) is 0 Å². The number of unbranched alkanes of at least 4 members (excludes halogenated alkanes) is 9. The Kier molecular flexibility index (Phi) is 13.9. The van der Waals surface area contributed by atoms with Crippen molar-refractivity contribution in [2.75, 3.05) is 6.26 Å². The Hall–Kier alpha value is -0.0900. The van der Waals surface area contributed by atoms with E-state index in [1.165, 1.54) is 57.8 Å². The number of hydrogen-bond acceptors (Lipinski definition) is 1. The second-order valence-corrected chi connectivity index (χ2v) is 6.22. The molecule has 99 valence electrons. The third-order valence-electron chi connectivity index (χ3n) is 3.31. The van der Waals surface area contributed by atoms with Crippen molar-refractivity contribution < 1.29 is 0 Å². The quantitative estimate of drug-likeness (QED) is 0.321. The lowest BCUT2D eigenvalue weighted by Gasteiger charge is -2.07. The van der Waals surface area contributed by atoms with E-state index in [-0.39, 0.29) is 0 Å². The molecule has 0 amide bonds. The molecule has 1 unspecified atom stereocenters. The van der Waals surface area contributed by atoms with Crippen molar-refractivity contribution >= 4 is 11.8 Å². The molecule has 0 N–H and O–H groups in total. The molecule has 0 saturated heterocycles. The topological polar surface area (TPSA) is 0 Å². The molecule has 0 aliphatic carbocycles. The summed E-state index contributed by atoms with van der Waals surface area (Å²) in [6.07, 6.45) is 23.5. The van der Waals surface area contributed by atoms with Crippen LogP contribution in [0.4, 0.5) is 0 Å². The lowest BCUT2D eigenvalue weighted by molar-refractivity contribution is 0.553. The van der Waals surface area contributed by atoms with Crippen LogP contribution in [0.25, 0.3) is 0 Å². The van der Waals surface area contributed by atoms with Gasteiger partial charge in [-0.3, -0.25) is 0 Å². The van der Waals surface area contributed by atoms with Crippen LogP contribution in [0.5, 0.6) is 0 Å². The summed E-state index contributed by atoms with van der Waals surface area (Å²) in [6, 6.07) is 0. The Labute approximate surface area is 113 Å². The Balaban J connectivity index is 2.97. The van der Waals surface area contributed by atoms with Gasteiger partial charge in [-0.2, -0.15) is 11.8 Å². The largest absolute Gasteiger partial charge is 0.162 e. The summed E-state index contributed by atoms with van der Waals surface area (Å²) < 4.78 is 0. The molecular formula is C16H29S. The van der Waals surface area contributed by atoms with Gasteiger partial charge in [0.15, 0.2) is 0 Å². The third kappa shape index (κ3) is 13.8. The van der Waals surface area contributed by atoms with E-state index < -0.39 is 0 Å². The van der Waals surface area contributed by atoms with E-state index in [2.05, 4.69) is 19.1 Å². The van der Waals surface area contributed by atoms with Crippen molar-refractivity contribution in [2.45, 2.75) is 82.8 Å². The molecule has 1 atom stereocenters. The molecule has 0 aliphatic rings. The molecule has 0 aromatic rings. The number of hydrogen-bond donors (Lipinski definition) is 0. The van der Waals surface area contributed by atoms with Crippen LogP contribution in [-0.4, -0.2) is 11.5 Å². The standard InChI is InChI=1S/C16H29S/c1-4-5-6-7-8-9-10-11-12-13-14-15-16(2)17-3/h16H,5-15H2,2-3H3. The van der Waals surface area contributed by atoms with Crippen LogP contribution in [-0.2, 0) is 0 Å². The molecule has 0 spiro atoms. The minimum atomic E-state index is 0.848. The molecule has 0 rings (SSSR count). The van der Waals surface area contributed by atoms with Crippen molar-refractivity contribution in [2.24, 2.45) is 0 Å². The van der Waals surface area contributed by atoms with Gasteiger partial charge in [0.2, 0.25) is 0 Å². The number of rotatable bonds is 12. The highest BCUT2D eigenvalue weighted by molar-refractivity contribution is 7.99. The monoisotopic (exact) mass is 253 g/mol. The lowest BCUT2D eigenvalue weighted by atomic mass is 10.1. The van der Waals surface area contributed by atoms with E-state index in [0.717, 1.165) is 18.1 Å². The summed E-state index contributed by atoms with van der Waals surface area (Å²) >= 11 is 1.99. The second kappa shape index (κ2) is 14.0. The predicted octanol–water partition coefficient (Wildman–Crippen LogP) is 5.62. The Morgan fingerprint density at radius 2 is 1.35 bits per heavy atom. The van der Waals surface area contributed by atoms with Gasteiger partial charge >= 0.3 is 0 Å². The zero-order valence-corrected chi connectivity index (χ0v) is 12.6. The molecular weight excluding hydrogens is 224 g/mol. The first-order valence-electron chi connectivity index (χ1n) is 7.23. The Morgan fingerprint density at radius 1 is 0.882 bits per heavy atom. The molecule has 0 saturated carbocycles. The van der Waals surface area contributed by atoms with Gasteiger partial charge in [-0.25, -0.2) is 0 Å². The molecule has 1 radical (unpaired) electrons. The minimum Gasteiger partial charge on any atom is -0.162 e. The molecule has 17 heavy (non-hydrogen) atoms. The summed E-state index contributed by atoms with van der Waals surface area (Å²) in [5, 5.41) is 0.848. The smallest absolute Gasteiger partial charge is 0.00989 e. The summed E-state index contributed by atoms with van der Waals surface area (Å²) in [5.74, 6) is 2.46. The maximum Gasteiger partial charge on any atom is 0.00989 e. The van der Waals surface area contributed by atoms with Crippen molar-refractivity contribution in [3.05, 3.63) is 6.42 Å². The van der Waals surface area contributed by atoms with Gasteiger partial charge in [0, 0.05) is 11.7 Å². The fourth-order valence-electron chi connectivity index (χ4n) is 2.00. The van der Waals surface area contributed by atoms with Crippen molar-refractivity contribution in [3.63, 3.8) is 0 Å². The molecule has 1 heteroatoms. The van der Waals surface area contributed by atoms with Crippen molar-refractivity contribution in [1.29, 1.82) is 0 Å². The van der Waals surface area contributed by atoms with Gasteiger partial charge in [0.25, 0.3) is 0 Å². The van der Waals surface area contributed by atoms with Crippen LogP contribution in [0.3, 0.4) is 0 Å². The molecule has 0 bridgehead atoms. The van der Waals surface area contributed by atoms with Crippen molar-refractivity contribution in [3.8, 4) is 5.92 Å². The Morgan fingerprint density at radius 3 is 1.82 bits per heavy atom. The Bertz CT molecular complexity index is 180. The van der Waals surface area contributed by atoms with Gasteiger partial charge in [-0.1, -0.05) is 64.2 Å². The zero-order valence-electron chi connectivity index (χ0n) is 11.8. The normalized spacial score (nSPS) is 12.3. The summed E-state index contributed by atoms with van der Waals surface area (Å²) in [7, 11) is 0. The molecule has 0 aromatic carbocycles. The van der Waals surface area contributed by atoms with Crippen molar-refractivity contribution in [1.82, 2.24) is 0 Å². The van der Waals surface area contributed by atoms with E-state index in [0.29, 0.717) is 0 Å². The molecule has 0 aromatic heterocycles. The van der Waals surface area contributed by atoms with Gasteiger partial charge in [-0.15, -0.1) is 0 Å². The van der Waals surface area contributed by atoms with Gasteiger partial charge in [-0.05, 0) is 25.5 Å². The molecule has 0 aliphatic heterocycles. The number of thioether (sulfide) groups is 1. The van der Waals surface area contributed by atoms with Gasteiger partial charge < -0.3 is 0 Å². The van der Waals surface area contributed by atoms with Crippen LogP contribution >= 0.6 is 11.8 Å². The van der Waals surface area contributed by atoms with Gasteiger partial charge in [0.1, 0.15) is 0 Å². The second-order valence-electron chi connectivity index (χ2n) is 4.94. The third-order valence-corrected chi connectivity index (χ3v) is 4.36. The predicted molar refractivity (Wildman–Crippen MR) is 80.9 cm³/mol. The first-order valence-corrected chi connectivity index (χ1v) is 8.52. The zero-order chi connectivity index (χ0) is 12.8. The van der Waals surface area contributed by atoms with Crippen LogP contribution in [0.1, 0.15) is 77.6 Å². The molecule has 0 nitrogen and oxygen atoms in total. The van der Waals surface area contributed by atoms with E-state index in [4.69, 9.17) is 6.42 Å². The van der Waals surface area contributed by atoms with E-state index >= 15 is 0 Å². The summed E-state index contributed by atoms with van der Waals surface area (Å²) in [6.45, 7) is 2.33. The fourth-order valence-corrected chi connectivity index (χ4v) is 2.40. The fraction of sp³-hybridized carbons (Fsp3) is 0.875. The van der Waals surface area contributed by atoms with E-state index in [1.807, 2.05) is 11.8 Å². The summed E-state index contributed by atoms with van der Waals surface area (Å²) in [4.78, 5) is 0. The highest BCUT2D eigenvalue weighted by Crippen LogP contribution is 2.16. The molecule has 0 heterocycles. The van der Waals surface area contributed by atoms with Gasteiger partial charge in [0.05, 0.1) is 0 Å². The summed E-state index contributed by atoms with van der Waals surface area (Å²) in [5.41, 5.74) is 0. The maximum atomic E-state index is 6.81. The maximum absolute atomic E-state index is 6.81. The molecule has 0 fully saturated rings. The highest BCUT2D eigenvalue weighted by atomic mass is 32.2. The van der Waals surface area contributed by atoms with Crippen LogP contribution < -0.4 is 0 Å². The van der Waals surface area contributed by atoms with Crippen LogP contribution in [0.15, 0.2) is 0 Å². The van der Waals surface area contributed by atoms with E-state index in [9.17, 15) is 0 Å². The van der Waals surface area contributed by atoms with Crippen LogP contribution in [0, 0.1) is 12.3 Å². The van der Waals surface area contributed by atoms with Crippen LogP contribution in [0.2, 0.25) is 0 Å².